The van der Waals surface area contributed by atoms with Crippen molar-refractivity contribution >= 4 is 34.3 Å². The standard InChI is InChI=1S/C19H16N6S/c20-18-19(25-17(12-23-18)26-16-5-1-2-8-22-16)24-11-13-6-7-15-14(10-13)4-3-9-21-15/h1-10,12H,11H2,(H2,20,23)(H,24,25). The molecule has 1 aromatic carbocycles. The molecule has 0 aliphatic rings. The van der Waals surface area contributed by atoms with Crippen LogP contribution in [0.5, 0.6) is 0 Å². The fraction of sp³-hybridized carbons (Fsp3) is 0.0526. The number of pyridine rings is 2. The predicted octanol–water partition coefficient (Wildman–Crippen LogP) is 3.77. The Bertz CT molecular complexity index is 1040. The molecule has 0 fully saturated rings. The molecule has 4 rings (SSSR count). The van der Waals surface area contributed by atoms with Gasteiger partial charge >= 0.3 is 0 Å². The number of hydrogen-bond donors (Lipinski definition) is 2. The smallest absolute Gasteiger partial charge is 0.170 e. The summed E-state index contributed by atoms with van der Waals surface area (Å²) in [4.78, 5) is 17.4. The highest BCUT2D eigenvalue weighted by molar-refractivity contribution is 7.99. The molecule has 0 saturated carbocycles. The number of hydrogen-bond acceptors (Lipinski definition) is 7. The Morgan fingerprint density at radius 3 is 2.73 bits per heavy atom. The lowest BCUT2D eigenvalue weighted by molar-refractivity contribution is 1.02. The third-order valence-corrected chi connectivity index (χ3v) is 4.61. The van der Waals surface area contributed by atoms with Crippen LogP contribution < -0.4 is 11.1 Å². The van der Waals surface area contributed by atoms with E-state index in [0.29, 0.717) is 18.2 Å². The predicted molar refractivity (Wildman–Crippen MR) is 104 cm³/mol. The van der Waals surface area contributed by atoms with Crippen molar-refractivity contribution in [1.82, 2.24) is 19.9 Å². The van der Waals surface area contributed by atoms with Gasteiger partial charge in [-0.2, -0.15) is 0 Å². The van der Waals surface area contributed by atoms with Gasteiger partial charge in [0, 0.05) is 24.3 Å². The second-order valence-electron chi connectivity index (χ2n) is 5.60. The molecule has 0 spiro atoms. The monoisotopic (exact) mass is 360 g/mol. The lowest BCUT2D eigenvalue weighted by Gasteiger charge is -2.10. The molecular weight excluding hydrogens is 344 g/mol. The summed E-state index contributed by atoms with van der Waals surface area (Å²) in [5.41, 5.74) is 8.06. The summed E-state index contributed by atoms with van der Waals surface area (Å²) in [5, 5.41) is 5.97. The molecule has 3 aromatic heterocycles. The summed E-state index contributed by atoms with van der Waals surface area (Å²) in [6.45, 7) is 0.599. The summed E-state index contributed by atoms with van der Waals surface area (Å²) < 4.78 is 0. The normalized spacial score (nSPS) is 10.8. The quantitative estimate of drug-likeness (QED) is 0.560. The van der Waals surface area contributed by atoms with Gasteiger partial charge in [0.25, 0.3) is 0 Å². The largest absolute Gasteiger partial charge is 0.381 e. The van der Waals surface area contributed by atoms with Gasteiger partial charge in [0.15, 0.2) is 11.6 Å². The summed E-state index contributed by atoms with van der Waals surface area (Å²) in [6.07, 6.45) is 5.20. The SMILES string of the molecule is Nc1ncc(Sc2ccccn2)nc1NCc1ccc2ncccc2c1. The van der Waals surface area contributed by atoms with Crippen molar-refractivity contribution in [3.63, 3.8) is 0 Å². The van der Waals surface area contributed by atoms with Crippen LogP contribution in [0.3, 0.4) is 0 Å². The zero-order valence-corrected chi connectivity index (χ0v) is 14.6. The molecule has 0 aliphatic heterocycles. The first kappa shape index (κ1) is 16.3. The van der Waals surface area contributed by atoms with Crippen LogP contribution in [0.2, 0.25) is 0 Å². The fourth-order valence-electron chi connectivity index (χ4n) is 2.50. The lowest BCUT2D eigenvalue weighted by atomic mass is 10.1. The molecule has 26 heavy (non-hydrogen) atoms. The highest BCUT2D eigenvalue weighted by atomic mass is 32.2. The van der Waals surface area contributed by atoms with E-state index in [1.165, 1.54) is 11.8 Å². The summed E-state index contributed by atoms with van der Waals surface area (Å²) in [5.74, 6) is 0.940. The van der Waals surface area contributed by atoms with Crippen molar-refractivity contribution in [2.24, 2.45) is 0 Å². The Morgan fingerprint density at radius 1 is 0.923 bits per heavy atom. The van der Waals surface area contributed by atoms with Crippen LogP contribution in [0.1, 0.15) is 5.56 Å². The Balaban J connectivity index is 1.50. The third kappa shape index (κ3) is 3.73. The van der Waals surface area contributed by atoms with Gasteiger partial charge < -0.3 is 11.1 Å². The average molecular weight is 360 g/mol. The second-order valence-corrected chi connectivity index (χ2v) is 6.64. The van der Waals surface area contributed by atoms with Gasteiger partial charge in [-0.15, -0.1) is 0 Å². The molecule has 0 atom stereocenters. The maximum absolute atomic E-state index is 5.97. The molecule has 3 heterocycles. The Hall–Kier alpha value is -3.19. The fourth-order valence-corrected chi connectivity index (χ4v) is 3.21. The lowest BCUT2D eigenvalue weighted by Crippen LogP contribution is -2.06. The number of nitrogen functional groups attached to an aromatic ring is 1. The molecule has 7 heteroatoms. The van der Waals surface area contributed by atoms with Crippen molar-refractivity contribution in [3.8, 4) is 0 Å². The minimum Gasteiger partial charge on any atom is -0.381 e. The summed E-state index contributed by atoms with van der Waals surface area (Å²) >= 11 is 1.45. The van der Waals surface area contributed by atoms with Crippen LogP contribution in [0, 0.1) is 0 Å². The summed E-state index contributed by atoms with van der Waals surface area (Å²) in [6, 6.07) is 15.9. The minimum atomic E-state index is 0.373. The Labute approximate surface area is 154 Å². The number of rotatable bonds is 5. The van der Waals surface area contributed by atoms with E-state index in [1.54, 1.807) is 18.6 Å². The Morgan fingerprint density at radius 2 is 1.85 bits per heavy atom. The number of nitrogens with two attached hydrogens (primary N) is 1. The number of aromatic nitrogens is 4. The topological polar surface area (TPSA) is 89.6 Å². The van der Waals surface area contributed by atoms with E-state index in [0.717, 1.165) is 26.5 Å². The van der Waals surface area contributed by atoms with E-state index >= 15 is 0 Å². The van der Waals surface area contributed by atoms with Gasteiger partial charge in [0.1, 0.15) is 10.1 Å². The number of anilines is 2. The number of fused-ring (bicyclic) bond motifs is 1. The number of nitrogens with one attached hydrogen (secondary N) is 1. The van der Waals surface area contributed by atoms with Crippen LogP contribution in [-0.2, 0) is 6.54 Å². The van der Waals surface area contributed by atoms with Gasteiger partial charge in [-0.1, -0.05) is 18.2 Å². The minimum absolute atomic E-state index is 0.373. The van der Waals surface area contributed by atoms with Crippen molar-refractivity contribution in [1.29, 1.82) is 0 Å². The van der Waals surface area contributed by atoms with Crippen molar-refractivity contribution < 1.29 is 0 Å². The van der Waals surface area contributed by atoms with Crippen molar-refractivity contribution in [2.75, 3.05) is 11.1 Å². The first-order valence-electron chi connectivity index (χ1n) is 8.07. The second kappa shape index (κ2) is 7.37. The molecular formula is C19H16N6S. The molecule has 3 N–H and O–H groups in total. The molecule has 4 aromatic rings. The number of nitrogens with zero attached hydrogens (tertiary/aromatic N) is 4. The Kier molecular flexibility index (Phi) is 4.61. The maximum Gasteiger partial charge on any atom is 0.170 e. The van der Waals surface area contributed by atoms with E-state index in [4.69, 9.17) is 5.73 Å². The van der Waals surface area contributed by atoms with E-state index in [-0.39, 0.29) is 0 Å². The van der Waals surface area contributed by atoms with E-state index in [1.807, 2.05) is 42.5 Å². The maximum atomic E-state index is 5.97. The molecule has 0 saturated heterocycles. The molecule has 0 aliphatic carbocycles. The number of benzene rings is 1. The van der Waals surface area contributed by atoms with E-state index in [9.17, 15) is 0 Å². The molecule has 0 radical (unpaired) electrons. The van der Waals surface area contributed by atoms with Gasteiger partial charge in [-0.25, -0.2) is 15.0 Å². The van der Waals surface area contributed by atoms with Crippen LogP contribution >= 0.6 is 11.8 Å². The van der Waals surface area contributed by atoms with E-state index in [2.05, 4.69) is 31.3 Å². The van der Waals surface area contributed by atoms with Crippen LogP contribution in [-0.4, -0.2) is 19.9 Å². The first-order chi connectivity index (χ1) is 12.8. The van der Waals surface area contributed by atoms with Crippen molar-refractivity contribution in [2.45, 2.75) is 16.6 Å². The first-order valence-corrected chi connectivity index (χ1v) is 8.88. The highest BCUT2D eigenvalue weighted by Gasteiger charge is 2.07. The van der Waals surface area contributed by atoms with Crippen LogP contribution in [0.4, 0.5) is 11.6 Å². The highest BCUT2D eigenvalue weighted by Crippen LogP contribution is 2.26. The molecule has 6 nitrogen and oxygen atoms in total. The van der Waals surface area contributed by atoms with Crippen molar-refractivity contribution in [3.05, 3.63) is 72.7 Å². The average Bonchev–Trinajstić information content (AvgIpc) is 2.69. The van der Waals surface area contributed by atoms with Gasteiger partial charge in [-0.05, 0) is 47.7 Å². The molecule has 0 unspecified atom stereocenters. The molecule has 0 bridgehead atoms. The summed E-state index contributed by atoms with van der Waals surface area (Å²) in [7, 11) is 0. The van der Waals surface area contributed by atoms with E-state index < -0.39 is 0 Å². The molecule has 128 valence electrons. The van der Waals surface area contributed by atoms with Crippen LogP contribution in [0.15, 0.2) is 77.2 Å². The van der Waals surface area contributed by atoms with Crippen LogP contribution in [0.25, 0.3) is 10.9 Å². The third-order valence-electron chi connectivity index (χ3n) is 3.75. The zero-order chi connectivity index (χ0) is 17.8. The zero-order valence-electron chi connectivity index (χ0n) is 13.8. The van der Waals surface area contributed by atoms with Gasteiger partial charge in [-0.3, -0.25) is 4.98 Å². The van der Waals surface area contributed by atoms with Gasteiger partial charge in [0.05, 0.1) is 11.7 Å². The van der Waals surface area contributed by atoms with Gasteiger partial charge in [0.2, 0.25) is 0 Å². The molecule has 0 amide bonds.